The lowest BCUT2D eigenvalue weighted by molar-refractivity contribution is 0.0691. The average molecular weight is 332 g/mol. The van der Waals surface area contributed by atoms with Gasteiger partial charge in [-0.2, -0.15) is 0 Å². The molecule has 1 aliphatic rings. The van der Waals surface area contributed by atoms with E-state index in [-0.39, 0.29) is 18.1 Å². The highest BCUT2D eigenvalue weighted by Crippen LogP contribution is 2.25. The molecule has 1 aromatic carbocycles. The second kappa shape index (κ2) is 6.89. The molecule has 0 aliphatic carbocycles. The summed E-state index contributed by atoms with van der Waals surface area (Å²) in [4.78, 5) is 27.0. The van der Waals surface area contributed by atoms with E-state index < -0.39 is 5.97 Å². The Morgan fingerprint density at radius 1 is 1.43 bits per heavy atom. The summed E-state index contributed by atoms with van der Waals surface area (Å²) >= 11 is 1.22. The molecule has 1 saturated heterocycles. The summed E-state index contributed by atoms with van der Waals surface area (Å²) in [5.41, 5.74) is 1.70. The highest BCUT2D eigenvalue weighted by molar-refractivity contribution is 7.09. The molecule has 1 amide bonds. The van der Waals surface area contributed by atoms with Crippen molar-refractivity contribution >= 4 is 23.2 Å². The van der Waals surface area contributed by atoms with Gasteiger partial charge in [0.1, 0.15) is 5.01 Å². The Bertz CT molecular complexity index is 722. The molecule has 3 rings (SSSR count). The minimum Gasteiger partial charge on any atom is -0.476 e. The topological polar surface area (TPSA) is 88.5 Å². The number of nitrogens with one attached hydrogen (secondary N) is 1. The number of benzene rings is 1. The maximum atomic E-state index is 12.2. The van der Waals surface area contributed by atoms with Crippen LogP contribution in [0.25, 0.3) is 0 Å². The molecular formula is C16H16N2O4S. The van der Waals surface area contributed by atoms with Gasteiger partial charge < -0.3 is 15.2 Å². The first-order valence-electron chi connectivity index (χ1n) is 7.27. The van der Waals surface area contributed by atoms with E-state index in [2.05, 4.69) is 10.3 Å². The van der Waals surface area contributed by atoms with Gasteiger partial charge in [0.25, 0.3) is 5.91 Å². The van der Waals surface area contributed by atoms with Crippen LogP contribution in [0.4, 0.5) is 0 Å². The summed E-state index contributed by atoms with van der Waals surface area (Å²) in [5, 5.41) is 13.6. The van der Waals surface area contributed by atoms with Crippen molar-refractivity contribution in [1.82, 2.24) is 10.3 Å². The number of hydrogen-bond acceptors (Lipinski definition) is 5. The SMILES string of the molecule is O=C(NCc1nc(C(=O)O)cs1)c1cccc(C2CCOC2)c1. The Hall–Kier alpha value is -2.25. The fourth-order valence-electron chi connectivity index (χ4n) is 2.48. The number of amides is 1. The van der Waals surface area contributed by atoms with Crippen molar-refractivity contribution in [2.24, 2.45) is 0 Å². The van der Waals surface area contributed by atoms with Crippen LogP contribution in [0.1, 0.15) is 43.8 Å². The van der Waals surface area contributed by atoms with Gasteiger partial charge in [-0.25, -0.2) is 9.78 Å². The molecule has 1 unspecified atom stereocenters. The normalized spacial score (nSPS) is 17.1. The molecule has 23 heavy (non-hydrogen) atoms. The van der Waals surface area contributed by atoms with Crippen LogP contribution < -0.4 is 5.32 Å². The fourth-order valence-corrected chi connectivity index (χ4v) is 3.19. The van der Waals surface area contributed by atoms with E-state index in [0.29, 0.717) is 23.1 Å². The quantitative estimate of drug-likeness (QED) is 0.877. The van der Waals surface area contributed by atoms with E-state index >= 15 is 0 Å². The van der Waals surface area contributed by atoms with E-state index in [1.165, 1.54) is 16.7 Å². The highest BCUT2D eigenvalue weighted by atomic mass is 32.1. The van der Waals surface area contributed by atoms with Gasteiger partial charge in [0, 0.05) is 23.5 Å². The minimum atomic E-state index is -1.06. The Labute approximate surface area is 137 Å². The van der Waals surface area contributed by atoms with Crippen LogP contribution in [0, 0.1) is 0 Å². The first-order chi connectivity index (χ1) is 11.1. The third kappa shape index (κ3) is 3.75. The zero-order chi connectivity index (χ0) is 16.2. The maximum Gasteiger partial charge on any atom is 0.355 e. The molecule has 2 aromatic rings. The zero-order valence-electron chi connectivity index (χ0n) is 12.3. The molecule has 1 aliphatic heterocycles. The van der Waals surface area contributed by atoms with E-state index in [4.69, 9.17) is 9.84 Å². The van der Waals surface area contributed by atoms with Crippen LogP contribution in [-0.4, -0.2) is 35.2 Å². The fraction of sp³-hybridized carbons (Fsp3) is 0.312. The summed E-state index contributed by atoms with van der Waals surface area (Å²) in [7, 11) is 0. The minimum absolute atomic E-state index is 0.00230. The molecule has 1 aromatic heterocycles. The molecule has 0 spiro atoms. The Morgan fingerprint density at radius 3 is 3.00 bits per heavy atom. The van der Waals surface area contributed by atoms with Crippen LogP contribution in [0.5, 0.6) is 0 Å². The molecule has 1 atom stereocenters. The number of carboxylic acid groups (broad SMARTS) is 1. The summed E-state index contributed by atoms with van der Waals surface area (Å²) in [5.74, 6) is -0.914. The summed E-state index contributed by atoms with van der Waals surface area (Å²) in [6.45, 7) is 1.67. The standard InChI is InChI=1S/C16H16N2O4S/c19-15(17-7-14-18-13(9-23-14)16(20)21)11-3-1-2-10(6-11)12-4-5-22-8-12/h1-3,6,9,12H,4-5,7-8H2,(H,17,19)(H,20,21). The molecule has 0 bridgehead atoms. The number of carbonyl (C=O) groups excluding carboxylic acids is 1. The number of carboxylic acids is 1. The first-order valence-corrected chi connectivity index (χ1v) is 8.15. The number of aromatic carboxylic acids is 1. The molecule has 1 fully saturated rings. The number of thiazole rings is 1. The second-order valence-electron chi connectivity index (χ2n) is 5.30. The molecule has 2 N–H and O–H groups in total. The lowest BCUT2D eigenvalue weighted by atomic mass is 9.96. The van der Waals surface area contributed by atoms with Gasteiger partial charge in [-0.1, -0.05) is 12.1 Å². The van der Waals surface area contributed by atoms with Crippen molar-refractivity contribution in [1.29, 1.82) is 0 Å². The molecule has 120 valence electrons. The molecular weight excluding hydrogens is 316 g/mol. The summed E-state index contributed by atoms with van der Waals surface area (Å²) in [6, 6.07) is 7.53. The van der Waals surface area contributed by atoms with E-state index in [1.807, 2.05) is 18.2 Å². The van der Waals surface area contributed by atoms with Crippen molar-refractivity contribution in [2.45, 2.75) is 18.9 Å². The van der Waals surface area contributed by atoms with Gasteiger partial charge in [0.2, 0.25) is 0 Å². The molecule has 0 radical (unpaired) electrons. The molecule has 6 nitrogen and oxygen atoms in total. The van der Waals surface area contributed by atoms with Gasteiger partial charge in [-0.15, -0.1) is 11.3 Å². The lowest BCUT2D eigenvalue weighted by Crippen LogP contribution is -2.23. The number of hydrogen-bond donors (Lipinski definition) is 2. The highest BCUT2D eigenvalue weighted by Gasteiger charge is 2.19. The van der Waals surface area contributed by atoms with Gasteiger partial charge >= 0.3 is 5.97 Å². The van der Waals surface area contributed by atoms with Crippen molar-refractivity contribution in [2.75, 3.05) is 13.2 Å². The predicted octanol–water partition coefficient (Wildman–Crippen LogP) is 2.28. The van der Waals surface area contributed by atoms with Crippen molar-refractivity contribution in [3.63, 3.8) is 0 Å². The van der Waals surface area contributed by atoms with Gasteiger partial charge in [-0.3, -0.25) is 4.79 Å². The zero-order valence-corrected chi connectivity index (χ0v) is 13.1. The van der Waals surface area contributed by atoms with Gasteiger partial charge in [-0.05, 0) is 24.1 Å². The number of carbonyl (C=O) groups is 2. The number of ether oxygens (including phenoxy) is 1. The second-order valence-corrected chi connectivity index (χ2v) is 6.24. The van der Waals surface area contributed by atoms with Gasteiger partial charge in [0.05, 0.1) is 13.2 Å². The summed E-state index contributed by atoms with van der Waals surface area (Å²) in [6.07, 6.45) is 0.974. The molecule has 2 heterocycles. The third-order valence-electron chi connectivity index (χ3n) is 3.72. The Kier molecular flexibility index (Phi) is 4.68. The van der Waals surface area contributed by atoms with Crippen LogP contribution >= 0.6 is 11.3 Å². The van der Waals surface area contributed by atoms with Crippen LogP contribution in [-0.2, 0) is 11.3 Å². The predicted molar refractivity (Wildman–Crippen MR) is 84.9 cm³/mol. The van der Waals surface area contributed by atoms with Crippen LogP contribution in [0.2, 0.25) is 0 Å². The lowest BCUT2D eigenvalue weighted by Gasteiger charge is -2.10. The van der Waals surface area contributed by atoms with Crippen molar-refractivity contribution in [3.05, 3.63) is 51.5 Å². The first kappa shape index (κ1) is 15.6. The van der Waals surface area contributed by atoms with Crippen molar-refractivity contribution < 1.29 is 19.4 Å². The maximum absolute atomic E-state index is 12.2. The number of nitrogens with zero attached hydrogens (tertiary/aromatic N) is 1. The van der Waals surface area contributed by atoms with E-state index in [1.54, 1.807) is 6.07 Å². The Morgan fingerprint density at radius 2 is 2.30 bits per heavy atom. The molecule has 7 heteroatoms. The average Bonchev–Trinajstić information content (AvgIpc) is 3.24. The van der Waals surface area contributed by atoms with Gasteiger partial charge in [0.15, 0.2) is 5.69 Å². The Balaban J connectivity index is 1.63. The van der Waals surface area contributed by atoms with E-state index in [9.17, 15) is 9.59 Å². The number of aromatic nitrogens is 1. The van der Waals surface area contributed by atoms with E-state index in [0.717, 1.165) is 18.6 Å². The summed E-state index contributed by atoms with van der Waals surface area (Å²) < 4.78 is 5.38. The molecule has 0 saturated carbocycles. The third-order valence-corrected chi connectivity index (χ3v) is 4.57. The largest absolute Gasteiger partial charge is 0.476 e. The van der Waals surface area contributed by atoms with Crippen LogP contribution in [0.15, 0.2) is 29.6 Å². The monoisotopic (exact) mass is 332 g/mol. The smallest absolute Gasteiger partial charge is 0.355 e. The van der Waals surface area contributed by atoms with Crippen molar-refractivity contribution in [3.8, 4) is 0 Å². The van der Waals surface area contributed by atoms with Crippen LogP contribution in [0.3, 0.4) is 0 Å². The number of rotatable bonds is 5.